The van der Waals surface area contributed by atoms with Crippen molar-refractivity contribution in [1.82, 2.24) is 4.72 Å². The smallest absolute Gasteiger partial charge is 0.264 e. The molecule has 9 heteroatoms. The molecule has 0 aliphatic carbocycles. The van der Waals surface area contributed by atoms with Crippen molar-refractivity contribution >= 4 is 25.7 Å². The van der Waals surface area contributed by atoms with Crippen LogP contribution in [0.2, 0.25) is 0 Å². The van der Waals surface area contributed by atoms with Crippen LogP contribution in [0.5, 0.6) is 5.75 Å². The number of hydrogen-bond donors (Lipinski definition) is 1. The Bertz CT molecular complexity index is 984. The molecule has 0 saturated carbocycles. The lowest BCUT2D eigenvalue weighted by molar-refractivity contribution is 0.415. The maximum Gasteiger partial charge on any atom is 0.264 e. The van der Waals surface area contributed by atoms with Crippen LogP contribution in [0.4, 0.5) is 5.69 Å². The standard InChI is InChI=1S/C17H22N2O5S2/c1-5-18-25(20,21)15-10-11-17(24-4)16(12-15)19(3)26(22,23)14-8-6-13(2)7-9-14/h6-12,18H,5H2,1-4H3. The summed E-state index contributed by atoms with van der Waals surface area (Å²) in [5.41, 5.74) is 1.06. The van der Waals surface area contributed by atoms with Gasteiger partial charge in [0.15, 0.2) is 0 Å². The molecule has 0 bridgehead atoms. The van der Waals surface area contributed by atoms with E-state index in [1.807, 2.05) is 6.92 Å². The van der Waals surface area contributed by atoms with Gasteiger partial charge in [-0.3, -0.25) is 4.31 Å². The van der Waals surface area contributed by atoms with Crippen LogP contribution in [0, 0.1) is 6.92 Å². The van der Waals surface area contributed by atoms with Crippen molar-refractivity contribution in [2.24, 2.45) is 0 Å². The minimum atomic E-state index is -3.88. The summed E-state index contributed by atoms with van der Waals surface area (Å²) in [6, 6.07) is 10.5. The largest absolute Gasteiger partial charge is 0.495 e. The molecule has 0 aliphatic rings. The van der Waals surface area contributed by atoms with Gasteiger partial charge >= 0.3 is 0 Å². The van der Waals surface area contributed by atoms with Gasteiger partial charge in [-0.05, 0) is 37.3 Å². The van der Waals surface area contributed by atoms with E-state index in [1.165, 1.54) is 44.5 Å². The molecule has 26 heavy (non-hydrogen) atoms. The minimum Gasteiger partial charge on any atom is -0.495 e. The van der Waals surface area contributed by atoms with Crippen LogP contribution in [0.1, 0.15) is 12.5 Å². The van der Waals surface area contributed by atoms with Crippen LogP contribution in [-0.4, -0.2) is 37.5 Å². The van der Waals surface area contributed by atoms with Crippen LogP contribution in [0.15, 0.2) is 52.3 Å². The molecule has 0 atom stereocenters. The summed E-state index contributed by atoms with van der Waals surface area (Å²) in [5, 5.41) is 0. The van der Waals surface area contributed by atoms with E-state index in [9.17, 15) is 16.8 Å². The number of anilines is 1. The fourth-order valence-electron chi connectivity index (χ4n) is 2.35. The van der Waals surface area contributed by atoms with Crippen LogP contribution in [0.3, 0.4) is 0 Å². The monoisotopic (exact) mass is 398 g/mol. The molecule has 0 amide bonds. The molecular weight excluding hydrogens is 376 g/mol. The average molecular weight is 399 g/mol. The first-order valence-corrected chi connectivity index (χ1v) is 10.8. The van der Waals surface area contributed by atoms with E-state index in [4.69, 9.17) is 4.74 Å². The zero-order valence-corrected chi connectivity index (χ0v) is 16.7. The summed E-state index contributed by atoms with van der Waals surface area (Å²) in [7, 11) is -4.86. The van der Waals surface area contributed by atoms with E-state index in [0.29, 0.717) is 0 Å². The Balaban J connectivity index is 2.56. The molecule has 142 valence electrons. The number of ether oxygens (including phenoxy) is 1. The van der Waals surface area contributed by atoms with E-state index in [2.05, 4.69) is 4.72 Å². The number of hydrogen-bond acceptors (Lipinski definition) is 5. The fraction of sp³-hybridized carbons (Fsp3) is 0.294. The van der Waals surface area contributed by atoms with Gasteiger partial charge in [-0.25, -0.2) is 21.6 Å². The van der Waals surface area contributed by atoms with E-state index in [-0.39, 0.29) is 27.8 Å². The first kappa shape index (κ1) is 20.2. The first-order valence-electron chi connectivity index (χ1n) is 7.86. The number of aryl methyl sites for hydroxylation is 1. The van der Waals surface area contributed by atoms with Crippen LogP contribution in [0.25, 0.3) is 0 Å². The Morgan fingerprint density at radius 2 is 1.58 bits per heavy atom. The fourth-order valence-corrected chi connectivity index (χ4v) is 4.61. The predicted octanol–water partition coefficient (Wildman–Crippen LogP) is 2.13. The second-order valence-corrected chi connectivity index (χ2v) is 9.36. The Morgan fingerprint density at radius 3 is 2.12 bits per heavy atom. The van der Waals surface area contributed by atoms with Crippen molar-refractivity contribution < 1.29 is 21.6 Å². The summed E-state index contributed by atoms with van der Waals surface area (Å²) < 4.78 is 58.9. The second kappa shape index (κ2) is 7.65. The molecule has 0 saturated heterocycles. The van der Waals surface area contributed by atoms with Crippen LogP contribution in [-0.2, 0) is 20.0 Å². The van der Waals surface area contributed by atoms with Crippen molar-refractivity contribution in [2.45, 2.75) is 23.6 Å². The number of methoxy groups -OCH3 is 1. The van der Waals surface area contributed by atoms with Gasteiger partial charge in [0.25, 0.3) is 10.0 Å². The van der Waals surface area contributed by atoms with Crippen LogP contribution < -0.4 is 13.8 Å². The second-order valence-electron chi connectivity index (χ2n) is 5.62. The highest BCUT2D eigenvalue weighted by Crippen LogP contribution is 2.33. The topological polar surface area (TPSA) is 92.8 Å². The van der Waals surface area contributed by atoms with Crippen molar-refractivity contribution in [3.63, 3.8) is 0 Å². The van der Waals surface area contributed by atoms with E-state index >= 15 is 0 Å². The molecule has 0 heterocycles. The van der Waals surface area contributed by atoms with Gasteiger partial charge in [0.1, 0.15) is 5.75 Å². The highest BCUT2D eigenvalue weighted by Gasteiger charge is 2.25. The number of nitrogens with zero attached hydrogens (tertiary/aromatic N) is 1. The molecule has 2 aromatic rings. The zero-order chi connectivity index (χ0) is 19.5. The quantitative estimate of drug-likeness (QED) is 0.771. The lowest BCUT2D eigenvalue weighted by Gasteiger charge is -2.22. The molecule has 2 rings (SSSR count). The lowest BCUT2D eigenvalue weighted by atomic mass is 10.2. The van der Waals surface area contributed by atoms with Crippen molar-refractivity contribution in [1.29, 1.82) is 0 Å². The van der Waals surface area contributed by atoms with Gasteiger partial charge in [0, 0.05) is 13.6 Å². The first-order chi connectivity index (χ1) is 12.1. The highest BCUT2D eigenvalue weighted by molar-refractivity contribution is 7.92. The molecule has 0 radical (unpaired) electrons. The molecule has 0 spiro atoms. The summed E-state index contributed by atoms with van der Waals surface area (Å²) >= 11 is 0. The molecule has 0 aliphatic heterocycles. The molecule has 0 aromatic heterocycles. The SMILES string of the molecule is CCNS(=O)(=O)c1ccc(OC)c(N(C)S(=O)(=O)c2ccc(C)cc2)c1. The van der Waals surface area contributed by atoms with Crippen LogP contribution >= 0.6 is 0 Å². The number of rotatable bonds is 7. The predicted molar refractivity (Wildman–Crippen MR) is 101 cm³/mol. The molecule has 1 N–H and O–H groups in total. The van der Waals surface area contributed by atoms with Gasteiger partial charge in [0.05, 0.1) is 22.6 Å². The van der Waals surface area contributed by atoms with Crippen molar-refractivity contribution in [3.8, 4) is 5.75 Å². The molecule has 0 unspecified atom stereocenters. The van der Waals surface area contributed by atoms with Gasteiger partial charge in [0.2, 0.25) is 10.0 Å². The normalized spacial score (nSPS) is 12.0. The Hall–Kier alpha value is -2.10. The number of sulfonamides is 2. The van der Waals surface area contributed by atoms with Crippen molar-refractivity contribution in [2.75, 3.05) is 25.0 Å². The maximum absolute atomic E-state index is 12.9. The number of nitrogens with one attached hydrogen (secondary N) is 1. The highest BCUT2D eigenvalue weighted by atomic mass is 32.2. The molecule has 2 aromatic carbocycles. The van der Waals surface area contributed by atoms with Gasteiger partial charge in [-0.2, -0.15) is 0 Å². The third-order valence-corrected chi connectivity index (χ3v) is 7.14. The molecule has 7 nitrogen and oxygen atoms in total. The summed E-state index contributed by atoms with van der Waals surface area (Å²) in [4.78, 5) is 0.0636. The van der Waals surface area contributed by atoms with Gasteiger partial charge in [-0.15, -0.1) is 0 Å². The zero-order valence-electron chi connectivity index (χ0n) is 15.1. The molecule has 0 fully saturated rings. The van der Waals surface area contributed by atoms with E-state index in [1.54, 1.807) is 19.1 Å². The Labute approximate surface area is 154 Å². The van der Waals surface area contributed by atoms with Gasteiger partial charge in [-0.1, -0.05) is 24.6 Å². The summed E-state index contributed by atoms with van der Waals surface area (Å²) in [6.07, 6.45) is 0. The van der Waals surface area contributed by atoms with Gasteiger partial charge < -0.3 is 4.74 Å². The number of benzene rings is 2. The minimum absolute atomic E-state index is 0.0406. The summed E-state index contributed by atoms with van der Waals surface area (Å²) in [5.74, 6) is 0.249. The third-order valence-electron chi connectivity index (χ3n) is 3.81. The molecular formula is C17H22N2O5S2. The summed E-state index contributed by atoms with van der Waals surface area (Å²) in [6.45, 7) is 3.75. The van der Waals surface area contributed by atoms with E-state index < -0.39 is 20.0 Å². The Morgan fingerprint density at radius 1 is 1.00 bits per heavy atom. The average Bonchev–Trinajstić information content (AvgIpc) is 2.60. The lowest BCUT2D eigenvalue weighted by Crippen LogP contribution is -2.28. The third kappa shape index (κ3) is 4.00. The maximum atomic E-state index is 12.9. The van der Waals surface area contributed by atoms with E-state index in [0.717, 1.165) is 9.87 Å². The Kier molecular flexibility index (Phi) is 5.94. The van der Waals surface area contributed by atoms with Crippen molar-refractivity contribution in [3.05, 3.63) is 48.0 Å².